The van der Waals surface area contributed by atoms with Gasteiger partial charge in [0, 0.05) is 4.88 Å². The topological polar surface area (TPSA) is 108 Å². The molecule has 2 rings (SSSR count). The first-order valence-electron chi connectivity index (χ1n) is 8.07. The third-order valence-corrected chi connectivity index (χ3v) is 4.65. The molecule has 0 saturated heterocycles. The van der Waals surface area contributed by atoms with Crippen LogP contribution in [0.25, 0.3) is 0 Å². The summed E-state index contributed by atoms with van der Waals surface area (Å²) in [4.78, 5) is 37.1. The Morgan fingerprint density at radius 3 is 2.50 bits per heavy atom. The van der Waals surface area contributed by atoms with E-state index in [0.29, 0.717) is 28.4 Å². The van der Waals surface area contributed by atoms with Crippen LogP contribution in [0.3, 0.4) is 0 Å². The van der Waals surface area contributed by atoms with E-state index in [9.17, 15) is 14.4 Å². The number of nitrogens with one attached hydrogen (secondary N) is 1. The van der Waals surface area contributed by atoms with Crippen LogP contribution >= 0.6 is 11.3 Å². The average molecular weight is 380 g/mol. The molecular formula is C17H20N2O6S. The van der Waals surface area contributed by atoms with Crippen molar-refractivity contribution in [3.63, 3.8) is 0 Å². The lowest BCUT2D eigenvalue weighted by atomic mass is 10.2. The normalized spacial score (nSPS) is 10.5. The lowest BCUT2D eigenvalue weighted by Gasteiger charge is -2.07. The van der Waals surface area contributed by atoms with Gasteiger partial charge in [0.1, 0.15) is 16.3 Å². The number of amides is 1. The second kappa shape index (κ2) is 8.61. The maximum atomic E-state index is 12.1. The number of hydrogen-bond donors (Lipinski definition) is 1. The highest BCUT2D eigenvalue weighted by molar-refractivity contribution is 7.16. The molecule has 2 aromatic heterocycles. The van der Waals surface area contributed by atoms with Crippen LogP contribution in [0.15, 0.2) is 10.6 Å². The average Bonchev–Trinajstić information content (AvgIpc) is 3.16. The van der Waals surface area contributed by atoms with Gasteiger partial charge in [-0.3, -0.25) is 4.79 Å². The molecule has 0 fully saturated rings. The first kappa shape index (κ1) is 19.6. The fourth-order valence-corrected chi connectivity index (χ4v) is 3.21. The van der Waals surface area contributed by atoms with Crippen molar-refractivity contribution >= 4 is 34.2 Å². The number of thiophene rings is 1. The highest BCUT2D eigenvalue weighted by atomic mass is 32.1. The molecule has 0 aliphatic heterocycles. The quantitative estimate of drug-likeness (QED) is 0.736. The molecule has 0 saturated carbocycles. The van der Waals surface area contributed by atoms with Crippen LogP contribution in [0.4, 0.5) is 5.00 Å². The summed E-state index contributed by atoms with van der Waals surface area (Å²) in [6.07, 6.45) is 0.716. The smallest absolute Gasteiger partial charge is 0.344 e. The minimum absolute atomic E-state index is 0.203. The number of nitrogens with zero attached hydrogens (tertiary/aromatic N) is 1. The summed E-state index contributed by atoms with van der Waals surface area (Å²) in [5.74, 6) is -1.43. The molecule has 26 heavy (non-hydrogen) atoms. The van der Waals surface area contributed by atoms with E-state index in [4.69, 9.17) is 14.0 Å². The Morgan fingerprint density at radius 1 is 1.19 bits per heavy atom. The lowest BCUT2D eigenvalue weighted by molar-refractivity contribution is -0.119. The molecule has 0 spiro atoms. The number of carbonyl (C=O) groups excluding carboxylic acids is 3. The summed E-state index contributed by atoms with van der Waals surface area (Å²) < 4.78 is 14.9. The van der Waals surface area contributed by atoms with E-state index in [0.717, 1.165) is 4.88 Å². The third kappa shape index (κ3) is 4.48. The minimum atomic E-state index is -0.692. The molecule has 140 valence electrons. The molecule has 2 aromatic rings. The van der Waals surface area contributed by atoms with Crippen LogP contribution in [0.1, 0.15) is 50.9 Å². The van der Waals surface area contributed by atoms with Crippen molar-refractivity contribution in [2.45, 2.75) is 34.1 Å². The van der Waals surface area contributed by atoms with Crippen LogP contribution in [0.5, 0.6) is 0 Å². The Bertz CT molecular complexity index is 804. The van der Waals surface area contributed by atoms with E-state index in [-0.39, 0.29) is 12.2 Å². The molecule has 0 atom stereocenters. The molecule has 0 aliphatic rings. The Hall–Kier alpha value is -2.68. The molecular weight excluding hydrogens is 360 g/mol. The van der Waals surface area contributed by atoms with Crippen LogP contribution < -0.4 is 5.32 Å². The second-order valence-electron chi connectivity index (χ2n) is 5.35. The molecule has 8 nitrogen and oxygen atoms in total. The van der Waals surface area contributed by atoms with Gasteiger partial charge in [-0.1, -0.05) is 12.1 Å². The highest BCUT2D eigenvalue weighted by Gasteiger charge is 2.22. The van der Waals surface area contributed by atoms with Crippen LogP contribution in [0, 0.1) is 13.8 Å². The van der Waals surface area contributed by atoms with E-state index in [1.807, 2.05) is 6.92 Å². The number of aryl methyl sites for hydroxylation is 3. The fourth-order valence-electron chi connectivity index (χ4n) is 2.21. The first-order valence-corrected chi connectivity index (χ1v) is 8.88. The van der Waals surface area contributed by atoms with Gasteiger partial charge in [-0.25, -0.2) is 9.59 Å². The van der Waals surface area contributed by atoms with Gasteiger partial charge >= 0.3 is 11.9 Å². The van der Waals surface area contributed by atoms with Crippen LogP contribution in [-0.2, 0) is 20.7 Å². The number of rotatable bonds is 7. The minimum Gasteiger partial charge on any atom is -0.462 e. The Labute approximate surface area is 154 Å². The molecule has 0 aliphatic carbocycles. The third-order valence-electron chi connectivity index (χ3n) is 3.45. The van der Waals surface area contributed by atoms with Gasteiger partial charge in [-0.2, -0.15) is 0 Å². The highest BCUT2D eigenvalue weighted by Crippen LogP contribution is 2.29. The molecule has 2 heterocycles. The molecule has 9 heteroatoms. The number of aromatic nitrogens is 1. The van der Waals surface area contributed by atoms with Crippen LogP contribution in [-0.4, -0.2) is 36.2 Å². The van der Waals surface area contributed by atoms with Gasteiger partial charge < -0.3 is 19.3 Å². The molecule has 0 radical (unpaired) electrons. The zero-order valence-electron chi connectivity index (χ0n) is 15.0. The van der Waals surface area contributed by atoms with E-state index < -0.39 is 24.5 Å². The summed E-state index contributed by atoms with van der Waals surface area (Å²) in [5, 5.41) is 6.64. The van der Waals surface area contributed by atoms with Gasteiger partial charge in [0.05, 0.1) is 17.9 Å². The molecule has 0 bridgehead atoms. The molecule has 1 N–H and O–H groups in total. The second-order valence-corrected chi connectivity index (χ2v) is 6.49. The summed E-state index contributed by atoms with van der Waals surface area (Å²) in [6, 6.07) is 1.69. The first-order chi connectivity index (χ1) is 12.4. The van der Waals surface area contributed by atoms with Crippen molar-refractivity contribution in [1.82, 2.24) is 5.16 Å². The number of anilines is 1. The number of carbonyl (C=O) groups is 3. The molecule has 0 aromatic carbocycles. The maximum absolute atomic E-state index is 12.1. The van der Waals surface area contributed by atoms with Crippen molar-refractivity contribution in [2.24, 2.45) is 0 Å². The number of ether oxygens (including phenoxy) is 2. The van der Waals surface area contributed by atoms with Gasteiger partial charge in [-0.15, -0.1) is 11.3 Å². The van der Waals surface area contributed by atoms with Gasteiger partial charge in [0.25, 0.3) is 5.91 Å². The fraction of sp³-hybridized carbons (Fsp3) is 0.412. The predicted molar refractivity (Wildman–Crippen MR) is 94.5 cm³/mol. The number of esters is 2. The van der Waals surface area contributed by atoms with E-state index in [2.05, 4.69) is 10.5 Å². The van der Waals surface area contributed by atoms with Gasteiger partial charge in [-0.05, 0) is 33.3 Å². The van der Waals surface area contributed by atoms with Gasteiger partial charge in [0.15, 0.2) is 6.61 Å². The SMILES string of the molecule is CCOC(=O)c1cc(CC)sc1NC(=O)COC(=O)c1c(C)noc1C. The summed E-state index contributed by atoms with van der Waals surface area (Å²) >= 11 is 1.28. The van der Waals surface area contributed by atoms with E-state index in [1.165, 1.54) is 11.3 Å². The Balaban J connectivity index is 2.02. The summed E-state index contributed by atoms with van der Waals surface area (Å²) in [7, 11) is 0. The van der Waals surface area contributed by atoms with E-state index >= 15 is 0 Å². The Kier molecular flexibility index (Phi) is 6.51. The van der Waals surface area contributed by atoms with Crippen molar-refractivity contribution in [3.05, 3.63) is 33.5 Å². The van der Waals surface area contributed by atoms with Gasteiger partial charge in [0.2, 0.25) is 0 Å². The largest absolute Gasteiger partial charge is 0.462 e. The van der Waals surface area contributed by atoms with Crippen LogP contribution in [0.2, 0.25) is 0 Å². The predicted octanol–water partition coefficient (Wildman–Crippen LogP) is 2.89. The van der Waals surface area contributed by atoms with Crippen molar-refractivity contribution in [1.29, 1.82) is 0 Å². The number of hydrogen-bond acceptors (Lipinski definition) is 8. The van der Waals surface area contributed by atoms with Crippen molar-refractivity contribution in [2.75, 3.05) is 18.5 Å². The zero-order valence-corrected chi connectivity index (χ0v) is 15.8. The van der Waals surface area contributed by atoms with Crippen molar-refractivity contribution < 1.29 is 28.4 Å². The standard InChI is InChI=1S/C17H20N2O6S/c1-5-11-7-12(16(21)23-6-2)15(26-11)18-13(20)8-24-17(22)14-9(3)19-25-10(14)4/h7H,5-6,8H2,1-4H3,(H,18,20). The maximum Gasteiger partial charge on any atom is 0.344 e. The lowest BCUT2D eigenvalue weighted by Crippen LogP contribution is -2.22. The summed E-state index contributed by atoms with van der Waals surface area (Å²) in [5.41, 5.74) is 0.886. The van der Waals surface area contributed by atoms with Crippen molar-refractivity contribution in [3.8, 4) is 0 Å². The zero-order chi connectivity index (χ0) is 19.3. The summed E-state index contributed by atoms with van der Waals surface area (Å²) in [6.45, 7) is 6.58. The molecule has 0 unspecified atom stereocenters. The van der Waals surface area contributed by atoms with E-state index in [1.54, 1.807) is 26.8 Å². The monoisotopic (exact) mass is 380 g/mol. The Morgan fingerprint density at radius 2 is 1.92 bits per heavy atom. The molecule has 1 amide bonds.